The van der Waals surface area contributed by atoms with E-state index in [1.807, 2.05) is 29.2 Å². The quantitative estimate of drug-likeness (QED) is 0.469. The lowest BCUT2D eigenvalue weighted by Crippen LogP contribution is -2.48. The minimum absolute atomic E-state index is 0.0821. The minimum Gasteiger partial charge on any atom is -0.491 e. The van der Waals surface area contributed by atoms with Gasteiger partial charge in [-0.3, -0.25) is 9.69 Å². The first-order valence-electron chi connectivity index (χ1n) is 12.3. The molecule has 1 aromatic carbocycles. The summed E-state index contributed by atoms with van der Waals surface area (Å²) in [6, 6.07) is 10.1. The van der Waals surface area contributed by atoms with Gasteiger partial charge in [-0.25, -0.2) is 0 Å². The summed E-state index contributed by atoms with van der Waals surface area (Å²) in [5.74, 6) is 1.51. The predicted molar refractivity (Wildman–Crippen MR) is 136 cm³/mol. The average Bonchev–Trinajstić information content (AvgIpc) is 3.26. The zero-order chi connectivity index (χ0) is 23.8. The summed E-state index contributed by atoms with van der Waals surface area (Å²) in [6.07, 6.45) is 3.23. The largest absolute Gasteiger partial charge is 0.491 e. The Kier molecular flexibility index (Phi) is 9.78. The second kappa shape index (κ2) is 12.5. The normalized spacial score (nSPS) is 16.8. The number of carbonyl (C=O) groups is 1. The molecule has 0 saturated heterocycles. The smallest absolute Gasteiger partial charge is 0.237 e. The van der Waals surface area contributed by atoms with Crippen molar-refractivity contribution < 1.29 is 14.6 Å². The number of aryl methyl sites for hydroxylation is 1. The van der Waals surface area contributed by atoms with E-state index < -0.39 is 0 Å². The van der Waals surface area contributed by atoms with E-state index in [1.54, 1.807) is 11.3 Å². The van der Waals surface area contributed by atoms with Gasteiger partial charge in [0.25, 0.3) is 0 Å². The number of hydrogen-bond donors (Lipinski definition) is 1. The first-order chi connectivity index (χ1) is 15.9. The van der Waals surface area contributed by atoms with Crippen LogP contribution in [-0.4, -0.2) is 59.7 Å². The van der Waals surface area contributed by atoms with Crippen LogP contribution in [0.2, 0.25) is 0 Å². The average molecular weight is 473 g/mol. The molecule has 2 heterocycles. The lowest BCUT2D eigenvalue weighted by atomic mass is 10.00. The van der Waals surface area contributed by atoms with Crippen LogP contribution < -0.4 is 4.74 Å². The molecule has 1 amide bonds. The highest BCUT2D eigenvalue weighted by Gasteiger charge is 2.33. The fourth-order valence-corrected chi connectivity index (χ4v) is 5.29. The van der Waals surface area contributed by atoms with Crippen molar-refractivity contribution in [3.8, 4) is 5.75 Å². The molecule has 0 saturated carbocycles. The highest BCUT2D eigenvalue weighted by Crippen LogP contribution is 2.34. The number of ether oxygens (including phenoxy) is 1. The molecule has 0 spiro atoms. The Hall–Kier alpha value is -1.89. The van der Waals surface area contributed by atoms with Crippen LogP contribution in [0.3, 0.4) is 0 Å². The van der Waals surface area contributed by atoms with E-state index >= 15 is 0 Å². The van der Waals surface area contributed by atoms with Gasteiger partial charge >= 0.3 is 0 Å². The zero-order valence-corrected chi connectivity index (χ0v) is 21.4. The number of hydrogen-bond acceptors (Lipinski definition) is 5. The van der Waals surface area contributed by atoms with Crippen molar-refractivity contribution in [3.05, 3.63) is 51.7 Å². The van der Waals surface area contributed by atoms with Crippen LogP contribution in [-0.2, 0) is 11.2 Å². The summed E-state index contributed by atoms with van der Waals surface area (Å²) in [7, 11) is 0. The van der Waals surface area contributed by atoms with Crippen molar-refractivity contribution in [2.45, 2.75) is 65.5 Å². The molecule has 2 aromatic rings. The number of aliphatic hydroxyl groups excluding tert-OH is 1. The summed E-state index contributed by atoms with van der Waals surface area (Å²) < 4.78 is 6.14. The highest BCUT2D eigenvalue weighted by atomic mass is 32.1. The van der Waals surface area contributed by atoms with E-state index in [2.05, 4.69) is 44.0 Å². The molecule has 182 valence electrons. The number of nitrogens with zero attached hydrogens (tertiary/aromatic N) is 2. The van der Waals surface area contributed by atoms with Crippen LogP contribution >= 0.6 is 11.3 Å². The van der Waals surface area contributed by atoms with E-state index in [0.29, 0.717) is 32.2 Å². The maximum Gasteiger partial charge on any atom is 0.237 e. The van der Waals surface area contributed by atoms with E-state index in [9.17, 15) is 9.90 Å². The third-order valence-electron chi connectivity index (χ3n) is 6.32. The highest BCUT2D eigenvalue weighted by molar-refractivity contribution is 7.10. The summed E-state index contributed by atoms with van der Waals surface area (Å²) in [6.45, 7) is 11.4. The van der Waals surface area contributed by atoms with Gasteiger partial charge in [0.05, 0.1) is 18.7 Å². The van der Waals surface area contributed by atoms with Crippen molar-refractivity contribution in [1.82, 2.24) is 9.80 Å². The Morgan fingerprint density at radius 3 is 2.70 bits per heavy atom. The van der Waals surface area contributed by atoms with Gasteiger partial charge in [0.1, 0.15) is 12.4 Å². The molecule has 0 fully saturated rings. The van der Waals surface area contributed by atoms with Gasteiger partial charge in [0.15, 0.2) is 0 Å². The molecule has 5 nitrogen and oxygen atoms in total. The number of amides is 1. The summed E-state index contributed by atoms with van der Waals surface area (Å²) in [4.78, 5) is 19.0. The Morgan fingerprint density at radius 1 is 1.24 bits per heavy atom. The molecule has 1 aliphatic rings. The number of carbonyl (C=O) groups excluding carboxylic acids is 1. The summed E-state index contributed by atoms with van der Waals surface area (Å²) >= 11 is 1.77. The number of aliphatic hydroxyl groups is 1. The molecular weight excluding hydrogens is 432 g/mol. The first kappa shape index (κ1) is 25.7. The Balaban J connectivity index is 1.71. The number of thiophene rings is 1. The topological polar surface area (TPSA) is 53.0 Å². The second-order valence-corrected chi connectivity index (χ2v) is 10.6. The lowest BCUT2D eigenvalue weighted by Gasteiger charge is -2.37. The van der Waals surface area contributed by atoms with Crippen LogP contribution in [0.4, 0.5) is 0 Å². The van der Waals surface area contributed by atoms with E-state index in [4.69, 9.17) is 4.74 Å². The van der Waals surface area contributed by atoms with Crippen LogP contribution in [0.1, 0.15) is 62.1 Å². The zero-order valence-electron chi connectivity index (χ0n) is 20.6. The van der Waals surface area contributed by atoms with Crippen LogP contribution in [0.25, 0.3) is 0 Å². The second-order valence-electron chi connectivity index (χ2n) is 9.64. The van der Waals surface area contributed by atoms with Crippen LogP contribution in [0.5, 0.6) is 5.75 Å². The van der Waals surface area contributed by atoms with Gasteiger partial charge in [0.2, 0.25) is 5.91 Å². The molecule has 0 bridgehead atoms. The fraction of sp³-hybridized carbons (Fsp3) is 0.593. The van der Waals surface area contributed by atoms with Crippen molar-refractivity contribution in [3.63, 3.8) is 0 Å². The molecule has 0 radical (unpaired) electrons. The van der Waals surface area contributed by atoms with E-state index in [-0.39, 0.29) is 18.1 Å². The molecule has 0 unspecified atom stereocenters. The van der Waals surface area contributed by atoms with Gasteiger partial charge < -0.3 is 14.7 Å². The molecular formula is C27H40N2O3S. The maximum atomic E-state index is 13.5. The number of benzene rings is 1. The molecule has 1 aliphatic heterocycles. The lowest BCUT2D eigenvalue weighted by molar-refractivity contribution is -0.136. The van der Waals surface area contributed by atoms with E-state index in [0.717, 1.165) is 38.0 Å². The fourth-order valence-electron chi connectivity index (χ4n) is 4.36. The van der Waals surface area contributed by atoms with Gasteiger partial charge in [-0.2, -0.15) is 0 Å². The van der Waals surface area contributed by atoms with Crippen LogP contribution in [0, 0.1) is 12.8 Å². The number of fused-ring (bicyclic) bond motifs is 1. The van der Waals surface area contributed by atoms with Gasteiger partial charge in [-0.1, -0.05) is 44.9 Å². The first-order valence-corrected chi connectivity index (χ1v) is 13.2. The standard InChI is InChI=1S/C27H40N2O3S/c1-5-6-22(30)17-28(14-11-20(2)3)18-27(31)29-15-12-26-24(13-16-33-26)25(29)19-32-23-9-7-21(4)8-10-23/h7-10,13,16,20,22,25,30H,5-6,11-12,14-15,17-19H2,1-4H3/t22-,25-/m1/s1. The maximum absolute atomic E-state index is 13.5. The number of rotatable bonds is 12. The molecule has 1 N–H and O–H groups in total. The molecule has 1 aromatic heterocycles. The van der Waals surface area contributed by atoms with Gasteiger partial charge in [-0.05, 0) is 67.8 Å². The van der Waals surface area contributed by atoms with Gasteiger partial charge in [0, 0.05) is 18.0 Å². The van der Waals surface area contributed by atoms with Crippen molar-refractivity contribution >= 4 is 17.2 Å². The van der Waals surface area contributed by atoms with E-state index in [1.165, 1.54) is 16.0 Å². The monoisotopic (exact) mass is 472 g/mol. The summed E-state index contributed by atoms with van der Waals surface area (Å²) in [5, 5.41) is 12.5. The molecule has 3 rings (SSSR count). The third-order valence-corrected chi connectivity index (χ3v) is 7.31. The van der Waals surface area contributed by atoms with Crippen LogP contribution in [0.15, 0.2) is 35.7 Å². The minimum atomic E-state index is -0.388. The molecule has 33 heavy (non-hydrogen) atoms. The van der Waals surface area contributed by atoms with Gasteiger partial charge in [-0.15, -0.1) is 11.3 Å². The molecule has 6 heteroatoms. The Labute approximate surface area is 203 Å². The summed E-state index contributed by atoms with van der Waals surface area (Å²) in [5.41, 5.74) is 2.41. The Bertz CT molecular complexity index is 865. The molecule has 0 aliphatic carbocycles. The molecule has 2 atom stereocenters. The van der Waals surface area contributed by atoms with Crippen molar-refractivity contribution in [1.29, 1.82) is 0 Å². The SMILES string of the molecule is CCC[C@@H](O)CN(CCC(C)C)CC(=O)N1CCc2sccc2[C@H]1COc1ccc(C)cc1. The predicted octanol–water partition coefficient (Wildman–Crippen LogP) is 5.07. The third kappa shape index (κ3) is 7.56. The van der Waals surface area contributed by atoms with Crippen molar-refractivity contribution in [2.75, 3.05) is 32.8 Å². The van der Waals surface area contributed by atoms with Crippen molar-refractivity contribution in [2.24, 2.45) is 5.92 Å². The Morgan fingerprint density at radius 2 is 2.00 bits per heavy atom.